The first-order valence-electron chi connectivity index (χ1n) is 8.02. The van der Waals surface area contributed by atoms with E-state index in [4.69, 9.17) is 9.84 Å². The molecule has 3 N–H and O–H groups in total. The summed E-state index contributed by atoms with van der Waals surface area (Å²) in [5.74, 6) is 0.744. The zero-order chi connectivity index (χ0) is 15.6. The number of carbonyl (C=O) groups is 1. The van der Waals surface area contributed by atoms with Crippen molar-refractivity contribution in [2.24, 2.45) is 5.92 Å². The summed E-state index contributed by atoms with van der Waals surface area (Å²) in [6.45, 7) is 3.48. The van der Waals surface area contributed by atoms with Crippen LogP contribution in [0.4, 0.5) is 0 Å². The van der Waals surface area contributed by atoms with Gasteiger partial charge in [0, 0.05) is 6.54 Å². The van der Waals surface area contributed by atoms with Crippen molar-refractivity contribution in [3.8, 4) is 0 Å². The summed E-state index contributed by atoms with van der Waals surface area (Å²) in [7, 11) is 0. The Balaban J connectivity index is 0.00000264. The molecule has 2 rings (SSSR count). The predicted molar refractivity (Wildman–Crippen MR) is 93.0 cm³/mol. The quantitative estimate of drug-likeness (QED) is 0.584. The van der Waals surface area contributed by atoms with Gasteiger partial charge in [0.2, 0.25) is 5.91 Å². The molecular formula is C17H27ClN2O3. The van der Waals surface area contributed by atoms with Crippen LogP contribution >= 0.6 is 12.4 Å². The number of aliphatic hydroxyl groups excluding tert-OH is 1. The monoisotopic (exact) mass is 342 g/mol. The van der Waals surface area contributed by atoms with Gasteiger partial charge in [-0.1, -0.05) is 24.3 Å². The van der Waals surface area contributed by atoms with Crippen molar-refractivity contribution in [3.63, 3.8) is 0 Å². The number of halogens is 1. The summed E-state index contributed by atoms with van der Waals surface area (Å²) in [6.07, 6.45) is 2.76. The lowest BCUT2D eigenvalue weighted by Crippen LogP contribution is -2.28. The van der Waals surface area contributed by atoms with Gasteiger partial charge in [-0.05, 0) is 43.0 Å². The highest BCUT2D eigenvalue weighted by atomic mass is 35.5. The Bertz CT molecular complexity index is 448. The van der Waals surface area contributed by atoms with E-state index < -0.39 is 0 Å². The van der Waals surface area contributed by atoms with Crippen LogP contribution in [-0.4, -0.2) is 50.5 Å². The molecule has 5 nitrogen and oxygen atoms in total. The Hall–Kier alpha value is -1.14. The normalized spacial score (nSPS) is 16.8. The molecule has 23 heavy (non-hydrogen) atoms. The summed E-state index contributed by atoms with van der Waals surface area (Å²) in [4.78, 5) is 11.8. The maximum atomic E-state index is 11.8. The van der Waals surface area contributed by atoms with Crippen molar-refractivity contribution in [1.82, 2.24) is 10.6 Å². The van der Waals surface area contributed by atoms with E-state index in [-0.39, 0.29) is 24.9 Å². The predicted octanol–water partition coefficient (Wildman–Crippen LogP) is 0.928. The highest BCUT2D eigenvalue weighted by Crippen LogP contribution is 2.15. The first-order chi connectivity index (χ1) is 10.8. The third-order valence-corrected chi connectivity index (χ3v) is 3.88. The standard InChI is InChI=1S/C17H26N2O3.ClH/c20-8-10-22-9-7-19-17(21)12-15-3-1-14(2-4-15)11-16-5-6-18-13-16;/h1-4,16,18,20H,5-13H2,(H,19,21);1H. The fraction of sp³-hybridized carbons (Fsp3) is 0.588. The number of aliphatic hydroxyl groups is 1. The van der Waals surface area contributed by atoms with Crippen molar-refractivity contribution < 1.29 is 14.6 Å². The molecule has 1 amide bonds. The molecule has 0 aliphatic carbocycles. The van der Waals surface area contributed by atoms with E-state index in [0.29, 0.717) is 26.2 Å². The number of nitrogens with one attached hydrogen (secondary N) is 2. The Kier molecular flexibility index (Phi) is 9.87. The molecule has 0 aromatic heterocycles. The number of ether oxygens (including phenoxy) is 1. The van der Waals surface area contributed by atoms with Crippen molar-refractivity contribution >= 4 is 18.3 Å². The molecular weight excluding hydrogens is 316 g/mol. The van der Waals surface area contributed by atoms with Gasteiger partial charge in [0.25, 0.3) is 0 Å². The second-order valence-corrected chi connectivity index (χ2v) is 5.74. The van der Waals surface area contributed by atoms with Crippen LogP contribution in [0.25, 0.3) is 0 Å². The van der Waals surface area contributed by atoms with Gasteiger partial charge < -0.3 is 20.5 Å². The summed E-state index contributed by atoms with van der Waals surface area (Å²) < 4.78 is 5.09. The zero-order valence-electron chi connectivity index (χ0n) is 13.4. The molecule has 0 radical (unpaired) electrons. The molecule has 1 aliphatic rings. The molecule has 1 unspecified atom stereocenters. The summed E-state index contributed by atoms with van der Waals surface area (Å²) in [6, 6.07) is 8.34. The highest BCUT2D eigenvalue weighted by Gasteiger charge is 2.14. The van der Waals surface area contributed by atoms with Gasteiger partial charge in [-0.25, -0.2) is 0 Å². The molecule has 0 spiro atoms. The minimum Gasteiger partial charge on any atom is -0.394 e. The van der Waals surface area contributed by atoms with Gasteiger partial charge in [0.05, 0.1) is 26.2 Å². The van der Waals surface area contributed by atoms with Crippen molar-refractivity contribution in [1.29, 1.82) is 0 Å². The fourth-order valence-electron chi connectivity index (χ4n) is 2.69. The van der Waals surface area contributed by atoms with Crippen LogP contribution in [0.5, 0.6) is 0 Å². The van der Waals surface area contributed by atoms with Crippen LogP contribution < -0.4 is 10.6 Å². The van der Waals surface area contributed by atoms with Crippen LogP contribution in [0.2, 0.25) is 0 Å². The van der Waals surface area contributed by atoms with E-state index in [2.05, 4.69) is 22.8 Å². The smallest absolute Gasteiger partial charge is 0.224 e. The van der Waals surface area contributed by atoms with Gasteiger partial charge in [-0.15, -0.1) is 12.4 Å². The van der Waals surface area contributed by atoms with Gasteiger partial charge in [0.1, 0.15) is 0 Å². The Labute approximate surface area is 144 Å². The largest absolute Gasteiger partial charge is 0.394 e. The number of amides is 1. The lowest BCUT2D eigenvalue weighted by molar-refractivity contribution is -0.120. The van der Waals surface area contributed by atoms with Crippen LogP contribution in [0, 0.1) is 5.92 Å². The van der Waals surface area contributed by atoms with Crippen LogP contribution in [0.1, 0.15) is 17.5 Å². The molecule has 0 bridgehead atoms. The van der Waals surface area contributed by atoms with Crippen LogP contribution in [0.3, 0.4) is 0 Å². The average Bonchev–Trinajstić information content (AvgIpc) is 3.02. The van der Waals surface area contributed by atoms with E-state index >= 15 is 0 Å². The molecule has 1 heterocycles. The molecule has 1 aromatic carbocycles. The number of hydrogen-bond donors (Lipinski definition) is 3. The Morgan fingerprint density at radius 2 is 2.00 bits per heavy atom. The van der Waals surface area contributed by atoms with E-state index in [0.717, 1.165) is 31.0 Å². The van der Waals surface area contributed by atoms with E-state index in [1.54, 1.807) is 0 Å². The van der Waals surface area contributed by atoms with Crippen LogP contribution in [0.15, 0.2) is 24.3 Å². The van der Waals surface area contributed by atoms with Gasteiger partial charge >= 0.3 is 0 Å². The zero-order valence-corrected chi connectivity index (χ0v) is 14.2. The second kappa shape index (κ2) is 11.4. The van der Waals surface area contributed by atoms with E-state index in [1.165, 1.54) is 12.0 Å². The minimum absolute atomic E-state index is 0. The van der Waals surface area contributed by atoms with Crippen molar-refractivity contribution in [2.75, 3.05) is 39.5 Å². The van der Waals surface area contributed by atoms with E-state index in [9.17, 15) is 4.79 Å². The third kappa shape index (κ3) is 7.79. The lowest BCUT2D eigenvalue weighted by Gasteiger charge is -2.09. The molecule has 1 atom stereocenters. The number of carbonyl (C=O) groups excluding carboxylic acids is 1. The molecule has 0 saturated carbocycles. The number of benzene rings is 1. The van der Waals surface area contributed by atoms with Crippen molar-refractivity contribution in [3.05, 3.63) is 35.4 Å². The number of hydrogen-bond acceptors (Lipinski definition) is 4. The van der Waals surface area contributed by atoms with Gasteiger partial charge in [0.15, 0.2) is 0 Å². The second-order valence-electron chi connectivity index (χ2n) is 5.74. The maximum Gasteiger partial charge on any atom is 0.224 e. The Morgan fingerprint density at radius 3 is 2.65 bits per heavy atom. The maximum absolute atomic E-state index is 11.8. The van der Waals surface area contributed by atoms with Crippen LogP contribution in [-0.2, 0) is 22.4 Å². The molecule has 6 heteroatoms. The highest BCUT2D eigenvalue weighted by molar-refractivity contribution is 5.85. The minimum atomic E-state index is 0. The average molecular weight is 343 g/mol. The lowest BCUT2D eigenvalue weighted by atomic mass is 9.97. The van der Waals surface area contributed by atoms with Crippen molar-refractivity contribution in [2.45, 2.75) is 19.3 Å². The first kappa shape index (κ1) is 19.9. The summed E-state index contributed by atoms with van der Waals surface area (Å²) in [5, 5.41) is 14.8. The fourth-order valence-corrected chi connectivity index (χ4v) is 2.69. The SMILES string of the molecule is Cl.O=C(Cc1ccc(CC2CCNC2)cc1)NCCOCCO. The Morgan fingerprint density at radius 1 is 1.26 bits per heavy atom. The molecule has 1 aliphatic heterocycles. The first-order valence-corrected chi connectivity index (χ1v) is 8.02. The number of rotatable bonds is 9. The summed E-state index contributed by atoms with van der Waals surface area (Å²) >= 11 is 0. The molecule has 1 aromatic rings. The molecule has 1 saturated heterocycles. The molecule has 1 fully saturated rings. The third-order valence-electron chi connectivity index (χ3n) is 3.88. The molecule has 130 valence electrons. The van der Waals surface area contributed by atoms with Gasteiger partial charge in [-0.2, -0.15) is 0 Å². The van der Waals surface area contributed by atoms with Gasteiger partial charge in [-0.3, -0.25) is 4.79 Å². The topological polar surface area (TPSA) is 70.6 Å². The summed E-state index contributed by atoms with van der Waals surface area (Å²) in [5.41, 5.74) is 2.37. The van der Waals surface area contributed by atoms with E-state index in [1.807, 2.05) is 12.1 Å².